The molecule has 4 aromatic rings. The Hall–Kier alpha value is -3.43. The van der Waals surface area contributed by atoms with Crippen LogP contribution in [0.25, 0.3) is 20.9 Å². The van der Waals surface area contributed by atoms with Crippen LogP contribution >= 0.6 is 11.3 Å². The van der Waals surface area contributed by atoms with E-state index in [2.05, 4.69) is 4.98 Å². The zero-order valence-corrected chi connectivity index (χ0v) is 20.3. The number of aromatic nitrogens is 1. The number of hydrogen-bond donors (Lipinski definition) is 0. The minimum absolute atomic E-state index is 0.0306. The Balaban J connectivity index is 1.40. The van der Waals surface area contributed by atoms with Gasteiger partial charge in [-0.2, -0.15) is 0 Å². The first kappa shape index (κ1) is 23.3. The second kappa shape index (κ2) is 8.98. The quantitative estimate of drug-likeness (QED) is 0.339. The molecule has 0 atom stereocenters. The maximum Gasteiger partial charge on any atom is 0.253 e. The number of sulfone groups is 1. The predicted octanol–water partition coefficient (Wildman–Crippen LogP) is 5.36. The summed E-state index contributed by atoms with van der Waals surface area (Å²) in [4.78, 5) is 19.6. The Morgan fingerprint density at radius 1 is 0.971 bits per heavy atom. The number of carbonyl (C=O) groups is 1. The van der Waals surface area contributed by atoms with E-state index in [1.165, 1.54) is 17.5 Å². The summed E-state index contributed by atoms with van der Waals surface area (Å²) in [6.45, 7) is 0.689. The van der Waals surface area contributed by atoms with E-state index in [0.717, 1.165) is 50.6 Å². The normalized spacial score (nSPS) is 13.7. The number of rotatable bonds is 5. The monoisotopic (exact) mass is 510 g/mol. The zero-order valence-electron chi connectivity index (χ0n) is 18.7. The molecule has 0 aliphatic carbocycles. The van der Waals surface area contributed by atoms with Crippen molar-refractivity contribution in [2.45, 2.75) is 17.1 Å². The molecule has 35 heavy (non-hydrogen) atoms. The molecule has 3 heterocycles. The number of amides is 1. The molecule has 0 N–H and O–H groups in total. The fourth-order valence-corrected chi connectivity index (χ4v) is 6.50. The second-order valence-corrected chi connectivity index (χ2v) is 11.5. The Morgan fingerprint density at radius 3 is 2.51 bits per heavy atom. The summed E-state index contributed by atoms with van der Waals surface area (Å²) >= 11 is 1.53. The van der Waals surface area contributed by atoms with Gasteiger partial charge in [-0.15, -0.1) is 11.3 Å². The minimum atomic E-state index is -4.02. The van der Waals surface area contributed by atoms with E-state index in [-0.39, 0.29) is 5.91 Å². The molecule has 1 amide bonds. The zero-order chi connectivity index (χ0) is 24.7. The molecule has 2 aromatic carbocycles. The van der Waals surface area contributed by atoms with Gasteiger partial charge in [0, 0.05) is 52.9 Å². The molecular weight excluding hydrogens is 490 g/mol. The largest absolute Gasteiger partial charge is 0.341 e. The average molecular weight is 511 g/mol. The fraction of sp³-hybridized carbons (Fsp3) is 0.154. The molecule has 0 unspecified atom stereocenters. The number of benzene rings is 2. The molecule has 0 fully saturated rings. The van der Waals surface area contributed by atoms with Gasteiger partial charge in [0.25, 0.3) is 5.91 Å². The van der Waals surface area contributed by atoms with Gasteiger partial charge in [-0.25, -0.2) is 17.2 Å². The maximum absolute atomic E-state index is 14.0. The summed E-state index contributed by atoms with van der Waals surface area (Å²) in [5.41, 5.74) is 3.91. The first-order valence-corrected chi connectivity index (χ1v) is 13.3. The van der Waals surface area contributed by atoms with Crippen LogP contribution in [-0.4, -0.2) is 37.8 Å². The van der Waals surface area contributed by atoms with Crippen LogP contribution in [0.3, 0.4) is 0 Å². The number of halogens is 2. The Kier molecular flexibility index (Phi) is 5.98. The van der Waals surface area contributed by atoms with Gasteiger partial charge in [0.05, 0.1) is 5.75 Å². The van der Waals surface area contributed by atoms with Gasteiger partial charge < -0.3 is 4.90 Å². The highest BCUT2D eigenvalue weighted by atomic mass is 32.2. The van der Waals surface area contributed by atoms with Crippen LogP contribution in [-0.2, 0) is 22.0 Å². The Bertz CT molecular complexity index is 1560. The summed E-state index contributed by atoms with van der Waals surface area (Å²) < 4.78 is 52.7. The maximum atomic E-state index is 14.0. The number of hydrogen-bond acceptors (Lipinski definition) is 5. The van der Waals surface area contributed by atoms with Crippen LogP contribution in [0.4, 0.5) is 8.78 Å². The number of pyridine rings is 1. The van der Waals surface area contributed by atoms with E-state index in [0.29, 0.717) is 18.2 Å². The molecule has 2 aromatic heterocycles. The molecule has 1 aliphatic rings. The van der Waals surface area contributed by atoms with E-state index >= 15 is 0 Å². The summed E-state index contributed by atoms with van der Waals surface area (Å²) in [6.07, 6.45) is 3.87. The van der Waals surface area contributed by atoms with Crippen molar-refractivity contribution in [3.63, 3.8) is 0 Å². The van der Waals surface area contributed by atoms with Crippen LogP contribution in [0, 0.1) is 11.6 Å². The lowest BCUT2D eigenvalue weighted by molar-refractivity contribution is 0.0781. The van der Waals surface area contributed by atoms with Gasteiger partial charge in [-0.1, -0.05) is 6.07 Å². The predicted molar refractivity (Wildman–Crippen MR) is 131 cm³/mol. The van der Waals surface area contributed by atoms with E-state index in [4.69, 9.17) is 0 Å². The number of fused-ring (bicyclic) bond motifs is 1. The van der Waals surface area contributed by atoms with Crippen molar-refractivity contribution in [3.8, 4) is 20.9 Å². The summed E-state index contributed by atoms with van der Waals surface area (Å²) in [6, 6.07) is 13.9. The lowest BCUT2D eigenvalue weighted by Crippen LogP contribution is -2.34. The van der Waals surface area contributed by atoms with Crippen LogP contribution in [0.5, 0.6) is 0 Å². The number of nitrogens with zero attached hydrogens (tertiary/aromatic N) is 2. The number of carbonyl (C=O) groups excluding carboxylic acids is 1. The SMILES string of the molecule is CN1CCc2cc(-c3ccc(-c4cncc(CS(=O)(=O)c5ccc(F)cc5F)c4)s3)ccc2C1=O. The van der Waals surface area contributed by atoms with Gasteiger partial charge in [-0.3, -0.25) is 9.78 Å². The lowest BCUT2D eigenvalue weighted by Gasteiger charge is -2.25. The molecule has 1 aliphatic heterocycles. The van der Waals surface area contributed by atoms with Gasteiger partial charge in [0.15, 0.2) is 9.84 Å². The summed E-state index contributed by atoms with van der Waals surface area (Å²) in [7, 11) is -2.22. The Morgan fingerprint density at radius 2 is 1.74 bits per heavy atom. The van der Waals surface area contributed by atoms with Crippen molar-refractivity contribution in [2.75, 3.05) is 13.6 Å². The second-order valence-electron chi connectivity index (χ2n) is 8.43. The van der Waals surface area contributed by atoms with Crippen LogP contribution in [0.15, 0.2) is 71.9 Å². The van der Waals surface area contributed by atoms with Crippen molar-refractivity contribution in [3.05, 3.63) is 95.3 Å². The van der Waals surface area contributed by atoms with Crippen LogP contribution < -0.4 is 0 Å². The van der Waals surface area contributed by atoms with Crippen LogP contribution in [0.2, 0.25) is 0 Å². The smallest absolute Gasteiger partial charge is 0.253 e. The van der Waals surface area contributed by atoms with E-state index < -0.39 is 32.1 Å². The van der Waals surface area contributed by atoms with Crippen molar-refractivity contribution in [1.29, 1.82) is 0 Å². The Labute approximate surface area is 205 Å². The third-order valence-corrected chi connectivity index (χ3v) is 8.85. The molecule has 0 saturated carbocycles. The van der Waals surface area contributed by atoms with Gasteiger partial charge in [0.2, 0.25) is 0 Å². The first-order valence-electron chi connectivity index (χ1n) is 10.8. The average Bonchev–Trinajstić information content (AvgIpc) is 3.31. The molecule has 0 saturated heterocycles. The van der Waals surface area contributed by atoms with E-state index in [1.807, 2.05) is 30.3 Å². The molecule has 178 valence electrons. The van der Waals surface area contributed by atoms with Crippen molar-refractivity contribution in [1.82, 2.24) is 9.88 Å². The van der Waals surface area contributed by atoms with Gasteiger partial charge >= 0.3 is 0 Å². The highest BCUT2D eigenvalue weighted by Crippen LogP contribution is 2.36. The topological polar surface area (TPSA) is 67.3 Å². The molecule has 0 spiro atoms. The highest BCUT2D eigenvalue weighted by molar-refractivity contribution is 7.90. The minimum Gasteiger partial charge on any atom is -0.341 e. The van der Waals surface area contributed by atoms with Gasteiger partial charge in [-0.05, 0) is 65.6 Å². The highest BCUT2D eigenvalue weighted by Gasteiger charge is 2.23. The third kappa shape index (κ3) is 4.61. The molecule has 5 nitrogen and oxygen atoms in total. The number of likely N-dealkylation sites (N-methyl/N-ethyl adjacent to an activating group) is 1. The molecule has 0 bridgehead atoms. The van der Waals surface area contributed by atoms with Crippen molar-refractivity contribution in [2.24, 2.45) is 0 Å². The van der Waals surface area contributed by atoms with E-state index in [9.17, 15) is 22.0 Å². The van der Waals surface area contributed by atoms with Crippen molar-refractivity contribution < 1.29 is 22.0 Å². The lowest BCUT2D eigenvalue weighted by atomic mass is 9.96. The summed E-state index contributed by atoms with van der Waals surface area (Å²) in [5.74, 6) is -2.38. The first-order chi connectivity index (χ1) is 16.7. The fourth-order valence-electron chi connectivity index (χ4n) is 4.13. The van der Waals surface area contributed by atoms with Crippen LogP contribution in [0.1, 0.15) is 21.5 Å². The van der Waals surface area contributed by atoms with Crippen molar-refractivity contribution >= 4 is 27.1 Å². The number of thiophene rings is 1. The molecular formula is C26H20F2N2O3S2. The van der Waals surface area contributed by atoms with Gasteiger partial charge in [0.1, 0.15) is 16.5 Å². The summed E-state index contributed by atoms with van der Waals surface area (Å²) in [5, 5.41) is 0. The molecule has 9 heteroatoms. The van der Waals surface area contributed by atoms with E-state index in [1.54, 1.807) is 24.2 Å². The molecule has 0 radical (unpaired) electrons. The standard InChI is InChI=1S/C26H20F2N2O3S2/c1-30-9-8-17-11-18(2-4-21(17)26(30)31)23-5-6-24(34-23)19-10-16(13-29-14-19)15-35(32,33)25-7-3-20(27)12-22(25)28/h2-7,10-14H,8-9,15H2,1H3. The molecule has 5 rings (SSSR count). The third-order valence-electron chi connectivity index (χ3n) is 5.95.